The first-order chi connectivity index (χ1) is 7.98. The van der Waals surface area contributed by atoms with E-state index in [-0.39, 0.29) is 5.60 Å². The van der Waals surface area contributed by atoms with E-state index in [2.05, 4.69) is 16.9 Å². The molecule has 0 fully saturated rings. The minimum atomic E-state index is -0.292. The van der Waals surface area contributed by atoms with Crippen LogP contribution in [0.1, 0.15) is 39.9 Å². The van der Waals surface area contributed by atoms with Gasteiger partial charge in [0.05, 0.1) is 24.6 Å². The molecule has 0 atom stereocenters. The second-order valence-corrected chi connectivity index (χ2v) is 4.37. The molecule has 5 heteroatoms. The van der Waals surface area contributed by atoms with E-state index < -0.39 is 0 Å². The summed E-state index contributed by atoms with van der Waals surface area (Å²) in [5.74, 6) is 0.722. The van der Waals surface area contributed by atoms with Gasteiger partial charge in [0.25, 0.3) is 0 Å². The molecule has 0 unspecified atom stereocenters. The average molecular weight is 239 g/mol. The maximum absolute atomic E-state index is 5.78. The SMILES string of the molecule is CCON(OC(C)(C)CC)c1cnc(C)nc1. The van der Waals surface area contributed by atoms with E-state index in [0.29, 0.717) is 12.3 Å². The maximum Gasteiger partial charge on any atom is 0.131 e. The minimum absolute atomic E-state index is 0.292. The van der Waals surface area contributed by atoms with Crippen LogP contribution in [0, 0.1) is 6.92 Å². The molecule has 0 aliphatic rings. The van der Waals surface area contributed by atoms with Crippen molar-refractivity contribution in [3.8, 4) is 0 Å². The van der Waals surface area contributed by atoms with Crippen LogP contribution < -0.4 is 5.23 Å². The zero-order chi connectivity index (χ0) is 12.9. The fourth-order valence-electron chi connectivity index (χ4n) is 1.04. The molecule has 0 radical (unpaired) electrons. The molecule has 96 valence electrons. The Bertz CT molecular complexity index is 338. The molecule has 1 rings (SSSR count). The Balaban J connectivity index is 2.81. The predicted octanol–water partition coefficient (Wildman–Crippen LogP) is 2.66. The zero-order valence-corrected chi connectivity index (χ0v) is 11.2. The Kier molecular flexibility index (Phi) is 4.84. The summed E-state index contributed by atoms with van der Waals surface area (Å²) in [5, 5.41) is 1.39. The van der Waals surface area contributed by atoms with Crippen LogP contribution in [0.5, 0.6) is 0 Å². The number of aryl methyl sites for hydroxylation is 1. The van der Waals surface area contributed by atoms with Crippen molar-refractivity contribution >= 4 is 5.69 Å². The van der Waals surface area contributed by atoms with Gasteiger partial charge in [-0.15, -0.1) is 5.23 Å². The quantitative estimate of drug-likeness (QED) is 0.714. The van der Waals surface area contributed by atoms with Crippen LogP contribution in [-0.2, 0) is 9.68 Å². The first kappa shape index (κ1) is 13.9. The van der Waals surface area contributed by atoms with Gasteiger partial charge >= 0.3 is 0 Å². The Labute approximate surface area is 103 Å². The van der Waals surface area contributed by atoms with Crippen molar-refractivity contribution in [1.29, 1.82) is 0 Å². The summed E-state index contributed by atoms with van der Waals surface area (Å²) in [6, 6.07) is 0. The lowest BCUT2D eigenvalue weighted by molar-refractivity contribution is -0.155. The van der Waals surface area contributed by atoms with Crippen molar-refractivity contribution in [1.82, 2.24) is 9.97 Å². The highest BCUT2D eigenvalue weighted by atomic mass is 17.0. The van der Waals surface area contributed by atoms with Gasteiger partial charge < -0.3 is 0 Å². The van der Waals surface area contributed by atoms with Crippen molar-refractivity contribution in [3.63, 3.8) is 0 Å². The second kappa shape index (κ2) is 5.93. The van der Waals surface area contributed by atoms with Gasteiger partial charge in [0.2, 0.25) is 0 Å². The van der Waals surface area contributed by atoms with Crippen molar-refractivity contribution in [3.05, 3.63) is 18.2 Å². The molecule has 1 aromatic rings. The first-order valence-electron chi connectivity index (χ1n) is 5.89. The number of nitrogens with zero attached hydrogens (tertiary/aromatic N) is 3. The van der Waals surface area contributed by atoms with Crippen LogP contribution in [0.3, 0.4) is 0 Å². The molecule has 0 aliphatic carbocycles. The molecule has 1 heterocycles. The average Bonchev–Trinajstić information content (AvgIpc) is 2.29. The second-order valence-electron chi connectivity index (χ2n) is 4.37. The molecule has 0 aromatic carbocycles. The third-order valence-corrected chi connectivity index (χ3v) is 2.41. The standard InChI is InChI=1S/C12H21N3O2/c1-6-12(4,5)17-15(16-7-2)11-8-13-10(3)14-9-11/h8-9H,6-7H2,1-5H3. The molecule has 0 saturated carbocycles. The Morgan fingerprint density at radius 2 is 1.82 bits per heavy atom. The summed E-state index contributed by atoms with van der Waals surface area (Å²) in [4.78, 5) is 19.5. The molecule has 5 nitrogen and oxygen atoms in total. The fourth-order valence-corrected chi connectivity index (χ4v) is 1.04. The number of hydrogen-bond donors (Lipinski definition) is 0. The zero-order valence-electron chi connectivity index (χ0n) is 11.2. The topological polar surface area (TPSA) is 47.5 Å². The number of rotatable bonds is 6. The van der Waals surface area contributed by atoms with Gasteiger partial charge in [0, 0.05) is 0 Å². The van der Waals surface area contributed by atoms with Crippen molar-refractivity contribution in [2.45, 2.75) is 46.6 Å². The van der Waals surface area contributed by atoms with E-state index in [1.807, 2.05) is 27.7 Å². The van der Waals surface area contributed by atoms with Crippen LogP contribution >= 0.6 is 0 Å². The summed E-state index contributed by atoms with van der Waals surface area (Å²) in [5.41, 5.74) is 0.402. The van der Waals surface area contributed by atoms with E-state index in [1.165, 1.54) is 5.23 Å². The molecular formula is C12H21N3O2. The van der Waals surface area contributed by atoms with E-state index in [4.69, 9.17) is 9.68 Å². The van der Waals surface area contributed by atoms with Crippen molar-refractivity contribution in [2.75, 3.05) is 11.8 Å². The molecule has 0 saturated heterocycles. The molecule has 0 spiro atoms. The van der Waals surface area contributed by atoms with Crippen molar-refractivity contribution < 1.29 is 9.68 Å². The third-order valence-electron chi connectivity index (χ3n) is 2.41. The maximum atomic E-state index is 5.78. The summed E-state index contributed by atoms with van der Waals surface area (Å²) in [6.07, 6.45) is 4.25. The van der Waals surface area contributed by atoms with Gasteiger partial charge in [0.1, 0.15) is 11.5 Å². The smallest absolute Gasteiger partial charge is 0.131 e. The number of hydrogen-bond acceptors (Lipinski definition) is 5. The van der Waals surface area contributed by atoms with Crippen LogP contribution in [0.2, 0.25) is 0 Å². The largest absolute Gasteiger partial charge is 0.249 e. The van der Waals surface area contributed by atoms with Gasteiger partial charge in [0.15, 0.2) is 0 Å². The van der Waals surface area contributed by atoms with Crippen LogP contribution in [0.15, 0.2) is 12.4 Å². The lowest BCUT2D eigenvalue weighted by Gasteiger charge is -2.31. The van der Waals surface area contributed by atoms with E-state index >= 15 is 0 Å². The van der Waals surface area contributed by atoms with Gasteiger partial charge in [-0.05, 0) is 34.1 Å². The molecule has 17 heavy (non-hydrogen) atoms. The van der Waals surface area contributed by atoms with Crippen LogP contribution in [0.4, 0.5) is 5.69 Å². The van der Waals surface area contributed by atoms with Gasteiger partial charge in [-0.2, -0.15) is 0 Å². The van der Waals surface area contributed by atoms with Crippen LogP contribution in [-0.4, -0.2) is 22.2 Å². The van der Waals surface area contributed by atoms with Crippen molar-refractivity contribution in [2.24, 2.45) is 0 Å². The summed E-state index contributed by atoms with van der Waals surface area (Å²) in [7, 11) is 0. The third kappa shape index (κ3) is 4.28. The normalized spacial score (nSPS) is 11.6. The number of anilines is 1. The summed E-state index contributed by atoms with van der Waals surface area (Å²) in [6.45, 7) is 10.3. The van der Waals surface area contributed by atoms with E-state index in [9.17, 15) is 0 Å². The molecule has 0 amide bonds. The van der Waals surface area contributed by atoms with Crippen LogP contribution in [0.25, 0.3) is 0 Å². The van der Waals surface area contributed by atoms with Gasteiger partial charge in [-0.25, -0.2) is 19.6 Å². The highest BCUT2D eigenvalue weighted by Gasteiger charge is 2.22. The first-order valence-corrected chi connectivity index (χ1v) is 5.89. The highest BCUT2D eigenvalue weighted by molar-refractivity contribution is 5.35. The van der Waals surface area contributed by atoms with Gasteiger partial charge in [-0.3, -0.25) is 0 Å². The molecular weight excluding hydrogens is 218 g/mol. The monoisotopic (exact) mass is 239 g/mol. The van der Waals surface area contributed by atoms with E-state index in [0.717, 1.165) is 12.2 Å². The molecule has 0 aliphatic heterocycles. The Morgan fingerprint density at radius 3 is 2.29 bits per heavy atom. The molecule has 1 aromatic heterocycles. The molecule has 0 bridgehead atoms. The minimum Gasteiger partial charge on any atom is -0.249 e. The Morgan fingerprint density at radius 1 is 1.24 bits per heavy atom. The predicted molar refractivity (Wildman–Crippen MR) is 66.3 cm³/mol. The molecule has 0 N–H and O–H groups in total. The lowest BCUT2D eigenvalue weighted by Crippen LogP contribution is -2.36. The van der Waals surface area contributed by atoms with E-state index in [1.54, 1.807) is 12.4 Å². The van der Waals surface area contributed by atoms with Gasteiger partial charge in [-0.1, -0.05) is 6.92 Å². The highest BCUT2D eigenvalue weighted by Crippen LogP contribution is 2.21. The summed E-state index contributed by atoms with van der Waals surface area (Å²) < 4.78 is 0. The number of aromatic nitrogens is 2. The lowest BCUT2D eigenvalue weighted by atomic mass is 10.1. The summed E-state index contributed by atoms with van der Waals surface area (Å²) >= 11 is 0. The fraction of sp³-hybridized carbons (Fsp3) is 0.667. The Hall–Kier alpha value is -1.20.